The van der Waals surface area contributed by atoms with Crippen LogP contribution in [0.5, 0.6) is 0 Å². The second-order valence-electron chi connectivity index (χ2n) is 6.13. The Kier molecular flexibility index (Phi) is 14.1. The van der Waals surface area contributed by atoms with E-state index in [9.17, 15) is 0 Å². The van der Waals surface area contributed by atoms with Gasteiger partial charge in [-0.1, -0.05) is 58.0 Å². The highest BCUT2D eigenvalue weighted by atomic mass is 15.1. The molecule has 23 heavy (non-hydrogen) atoms. The maximum Gasteiger partial charge on any atom is 0.0227 e. The Morgan fingerprint density at radius 2 is 1.13 bits per heavy atom. The minimum absolute atomic E-state index is 1.03. The zero-order valence-corrected chi connectivity index (χ0v) is 16.4. The van der Waals surface area contributed by atoms with Gasteiger partial charge in [-0.3, -0.25) is 0 Å². The van der Waals surface area contributed by atoms with Crippen molar-refractivity contribution in [2.45, 2.75) is 40.7 Å². The Labute approximate surface area is 145 Å². The lowest BCUT2D eigenvalue weighted by atomic mass is 10.2. The largest absolute Gasteiger partial charge is 0.305 e. The van der Waals surface area contributed by atoms with Crippen LogP contribution in [0.3, 0.4) is 0 Å². The highest BCUT2D eigenvalue weighted by molar-refractivity contribution is 5.14. The molecule has 0 amide bonds. The minimum Gasteiger partial charge on any atom is -0.305 e. The fraction of sp³-hybridized carbons (Fsp3) is 0.700. The van der Waals surface area contributed by atoms with Crippen molar-refractivity contribution in [3.8, 4) is 0 Å². The van der Waals surface area contributed by atoms with Crippen LogP contribution in [0.15, 0.2) is 30.3 Å². The minimum atomic E-state index is 1.03. The third-order valence-electron chi connectivity index (χ3n) is 4.08. The predicted octanol–water partition coefficient (Wildman–Crippen LogP) is 3.81. The Hall–Kier alpha value is -0.900. The molecule has 0 aliphatic carbocycles. The van der Waals surface area contributed by atoms with Gasteiger partial charge < -0.3 is 14.7 Å². The summed E-state index contributed by atoms with van der Waals surface area (Å²) >= 11 is 0. The van der Waals surface area contributed by atoms with E-state index < -0.39 is 0 Å². The van der Waals surface area contributed by atoms with Crippen LogP contribution >= 0.6 is 0 Å². The molecule has 0 aromatic heterocycles. The molecule has 0 atom stereocenters. The van der Waals surface area contributed by atoms with Crippen LogP contribution in [0.2, 0.25) is 0 Å². The third-order valence-corrected chi connectivity index (χ3v) is 4.08. The van der Waals surface area contributed by atoms with Gasteiger partial charge in [-0.25, -0.2) is 0 Å². The van der Waals surface area contributed by atoms with Crippen molar-refractivity contribution in [1.82, 2.24) is 14.7 Å². The maximum absolute atomic E-state index is 2.49. The molecule has 1 aromatic carbocycles. The van der Waals surface area contributed by atoms with E-state index in [0.717, 1.165) is 6.54 Å². The first-order chi connectivity index (χ1) is 11.1. The second-order valence-corrected chi connectivity index (χ2v) is 6.13. The summed E-state index contributed by atoms with van der Waals surface area (Å²) in [6, 6.07) is 10.5. The van der Waals surface area contributed by atoms with Gasteiger partial charge in [-0.2, -0.15) is 0 Å². The molecule has 0 spiro atoms. The van der Waals surface area contributed by atoms with Gasteiger partial charge >= 0.3 is 0 Å². The monoisotopic (exact) mass is 321 g/mol. The SMILES string of the molecule is CCN(CC)CCCN(CC)CC.CN(C)Cc1ccccc1. The molecule has 1 rings (SSSR count). The zero-order chi connectivity index (χ0) is 17.5. The summed E-state index contributed by atoms with van der Waals surface area (Å²) in [4.78, 5) is 7.14. The van der Waals surface area contributed by atoms with E-state index in [0.29, 0.717) is 0 Å². The van der Waals surface area contributed by atoms with Crippen molar-refractivity contribution < 1.29 is 0 Å². The van der Waals surface area contributed by atoms with E-state index in [1.54, 1.807) is 0 Å². The molecule has 0 aliphatic heterocycles. The van der Waals surface area contributed by atoms with Crippen molar-refractivity contribution in [2.75, 3.05) is 53.4 Å². The molecule has 0 N–H and O–H groups in total. The van der Waals surface area contributed by atoms with Crippen molar-refractivity contribution >= 4 is 0 Å². The third kappa shape index (κ3) is 12.2. The van der Waals surface area contributed by atoms with Crippen LogP contribution in [0.4, 0.5) is 0 Å². The van der Waals surface area contributed by atoms with Gasteiger partial charge in [0.25, 0.3) is 0 Å². The van der Waals surface area contributed by atoms with Gasteiger partial charge in [0.2, 0.25) is 0 Å². The number of nitrogens with zero attached hydrogens (tertiary/aromatic N) is 3. The van der Waals surface area contributed by atoms with Crippen LogP contribution in [0.25, 0.3) is 0 Å². The summed E-state index contributed by atoms with van der Waals surface area (Å²) < 4.78 is 0. The molecule has 134 valence electrons. The molecular formula is C20H39N3. The van der Waals surface area contributed by atoms with E-state index >= 15 is 0 Å². The summed E-state index contributed by atoms with van der Waals surface area (Å²) in [7, 11) is 4.15. The molecule has 3 nitrogen and oxygen atoms in total. The summed E-state index contributed by atoms with van der Waals surface area (Å²) in [5.41, 5.74) is 1.37. The number of hydrogen-bond acceptors (Lipinski definition) is 3. The van der Waals surface area contributed by atoms with Crippen molar-refractivity contribution in [3.05, 3.63) is 35.9 Å². The molecule has 0 bridgehead atoms. The van der Waals surface area contributed by atoms with Crippen molar-refractivity contribution in [3.63, 3.8) is 0 Å². The van der Waals surface area contributed by atoms with Crippen molar-refractivity contribution in [1.29, 1.82) is 0 Å². The van der Waals surface area contributed by atoms with Gasteiger partial charge in [-0.15, -0.1) is 0 Å². The summed E-state index contributed by atoms with van der Waals surface area (Å²) in [5.74, 6) is 0. The van der Waals surface area contributed by atoms with E-state index in [1.807, 2.05) is 6.07 Å². The molecule has 0 saturated carbocycles. The molecule has 0 heterocycles. The molecular weight excluding hydrogens is 282 g/mol. The summed E-state index contributed by atoms with van der Waals surface area (Å²) in [6.07, 6.45) is 1.31. The molecule has 0 radical (unpaired) electrons. The van der Waals surface area contributed by atoms with Crippen molar-refractivity contribution in [2.24, 2.45) is 0 Å². The Balaban J connectivity index is 0.000000433. The van der Waals surface area contributed by atoms with E-state index in [-0.39, 0.29) is 0 Å². The fourth-order valence-corrected chi connectivity index (χ4v) is 2.55. The maximum atomic E-state index is 2.49. The van der Waals surface area contributed by atoms with Gasteiger partial charge in [0.05, 0.1) is 0 Å². The van der Waals surface area contributed by atoms with Crippen LogP contribution in [-0.2, 0) is 6.54 Å². The average molecular weight is 322 g/mol. The second kappa shape index (κ2) is 14.7. The highest BCUT2D eigenvalue weighted by Gasteiger charge is 2.01. The van der Waals surface area contributed by atoms with Gasteiger partial charge in [0.15, 0.2) is 0 Å². The predicted molar refractivity (Wildman–Crippen MR) is 104 cm³/mol. The number of rotatable bonds is 10. The molecule has 1 aromatic rings. The zero-order valence-electron chi connectivity index (χ0n) is 16.4. The lowest BCUT2D eigenvalue weighted by molar-refractivity contribution is 0.250. The highest BCUT2D eigenvalue weighted by Crippen LogP contribution is 1.99. The van der Waals surface area contributed by atoms with E-state index in [4.69, 9.17) is 0 Å². The van der Waals surface area contributed by atoms with Crippen LogP contribution in [0, 0.1) is 0 Å². The molecule has 0 saturated heterocycles. The quantitative estimate of drug-likeness (QED) is 0.649. The van der Waals surface area contributed by atoms with Crippen LogP contribution in [-0.4, -0.2) is 68.1 Å². The lowest BCUT2D eigenvalue weighted by Crippen LogP contribution is -2.29. The summed E-state index contributed by atoms with van der Waals surface area (Å²) in [5, 5.41) is 0. The molecule has 0 aliphatic rings. The fourth-order valence-electron chi connectivity index (χ4n) is 2.55. The van der Waals surface area contributed by atoms with Gasteiger partial charge in [-0.05, 0) is 65.3 Å². The Morgan fingerprint density at radius 1 is 0.696 bits per heavy atom. The van der Waals surface area contributed by atoms with E-state index in [2.05, 4.69) is 80.8 Å². The summed E-state index contributed by atoms with van der Waals surface area (Å²) in [6.45, 7) is 17.2. The first kappa shape index (κ1) is 22.1. The number of benzene rings is 1. The number of hydrogen-bond donors (Lipinski definition) is 0. The van der Waals surface area contributed by atoms with Crippen LogP contribution in [0.1, 0.15) is 39.7 Å². The van der Waals surface area contributed by atoms with E-state index in [1.165, 1.54) is 51.3 Å². The van der Waals surface area contributed by atoms with Gasteiger partial charge in [0.1, 0.15) is 0 Å². The first-order valence-corrected chi connectivity index (χ1v) is 9.20. The van der Waals surface area contributed by atoms with Crippen LogP contribution < -0.4 is 0 Å². The lowest BCUT2D eigenvalue weighted by Gasteiger charge is -2.21. The standard InChI is InChI=1S/C11H26N2.C9H13N/c1-5-12(6-2)10-9-11-13(7-3)8-4;1-10(2)8-9-6-4-3-5-7-9/h5-11H2,1-4H3;3-7H,8H2,1-2H3. The smallest absolute Gasteiger partial charge is 0.0227 e. The first-order valence-electron chi connectivity index (χ1n) is 9.20. The Bertz CT molecular complexity index is 331. The topological polar surface area (TPSA) is 9.72 Å². The Morgan fingerprint density at radius 3 is 1.48 bits per heavy atom. The normalized spacial score (nSPS) is 11.0. The molecule has 0 fully saturated rings. The van der Waals surface area contributed by atoms with Gasteiger partial charge in [0, 0.05) is 6.54 Å². The molecule has 3 heteroatoms. The molecule has 0 unspecified atom stereocenters. The average Bonchev–Trinajstić information content (AvgIpc) is 2.56.